The minimum absolute atomic E-state index is 0.234. The second kappa shape index (κ2) is 6.37. The third-order valence-corrected chi connectivity index (χ3v) is 2.64. The van der Waals surface area contributed by atoms with Crippen molar-refractivity contribution in [3.8, 4) is 5.75 Å². The molecule has 0 amide bonds. The Kier molecular flexibility index (Phi) is 5.12. The fraction of sp³-hybridized carbons (Fsp3) is 0.462. The maximum absolute atomic E-state index is 12.0. The molecule has 0 saturated heterocycles. The van der Waals surface area contributed by atoms with E-state index < -0.39 is 6.10 Å². The van der Waals surface area contributed by atoms with Gasteiger partial charge in [-0.05, 0) is 31.2 Å². The molecule has 0 aliphatic heterocycles. The van der Waals surface area contributed by atoms with E-state index in [1.54, 1.807) is 19.2 Å². The molecular formula is C13H19NO3. The molecule has 0 saturated carbocycles. The van der Waals surface area contributed by atoms with E-state index in [0.717, 1.165) is 12.0 Å². The van der Waals surface area contributed by atoms with Crippen LogP contribution >= 0.6 is 0 Å². The number of aliphatic hydroxyl groups excluding tert-OH is 1. The van der Waals surface area contributed by atoms with Crippen molar-refractivity contribution >= 4 is 5.78 Å². The molecule has 1 unspecified atom stereocenters. The highest BCUT2D eigenvalue weighted by Gasteiger charge is 2.20. The Morgan fingerprint density at radius 1 is 1.53 bits per heavy atom. The number of ether oxygens (including phenoxy) is 1. The largest absolute Gasteiger partial charge is 0.496 e. The molecule has 0 heterocycles. The summed E-state index contributed by atoms with van der Waals surface area (Å²) < 4.78 is 5.14. The van der Waals surface area contributed by atoms with Crippen molar-refractivity contribution in [2.24, 2.45) is 0 Å². The van der Waals surface area contributed by atoms with Crippen molar-refractivity contribution in [1.82, 2.24) is 5.32 Å². The molecule has 2 N–H and O–H groups in total. The lowest BCUT2D eigenvalue weighted by molar-refractivity contribution is 0.0747. The molecule has 1 aromatic rings. The molecule has 1 aromatic carbocycles. The summed E-state index contributed by atoms with van der Waals surface area (Å²) in [6.07, 6.45) is -0.201. The first-order chi connectivity index (χ1) is 8.13. The van der Waals surface area contributed by atoms with Crippen LogP contribution in [0.25, 0.3) is 0 Å². The number of ketones is 1. The summed E-state index contributed by atoms with van der Waals surface area (Å²) >= 11 is 0. The molecule has 1 atom stereocenters. The fourth-order valence-electron chi connectivity index (χ4n) is 1.63. The summed E-state index contributed by atoms with van der Waals surface area (Å²) in [5.41, 5.74) is 1.49. The summed E-state index contributed by atoms with van der Waals surface area (Å²) in [5, 5.41) is 12.5. The SMILES string of the molecule is CCc1ccc(OC)c(C(=O)C(O)CNC)c1. The van der Waals surface area contributed by atoms with Gasteiger partial charge in [0.25, 0.3) is 0 Å². The minimum Gasteiger partial charge on any atom is -0.496 e. The molecule has 4 nitrogen and oxygen atoms in total. The van der Waals surface area contributed by atoms with E-state index in [-0.39, 0.29) is 12.3 Å². The molecule has 0 aliphatic carbocycles. The summed E-state index contributed by atoms with van der Waals surface area (Å²) in [6.45, 7) is 2.25. The van der Waals surface area contributed by atoms with Crippen LogP contribution in [0.5, 0.6) is 5.75 Å². The Labute approximate surface area is 102 Å². The second-order valence-electron chi connectivity index (χ2n) is 3.83. The standard InChI is InChI=1S/C13H19NO3/c1-4-9-5-6-12(17-3)10(7-9)13(16)11(15)8-14-2/h5-7,11,14-15H,4,8H2,1-3H3. The number of aliphatic hydroxyl groups is 1. The van der Waals surface area contributed by atoms with Crippen molar-refractivity contribution in [2.75, 3.05) is 20.7 Å². The van der Waals surface area contributed by atoms with Crippen molar-refractivity contribution in [1.29, 1.82) is 0 Å². The summed E-state index contributed by atoms with van der Waals surface area (Å²) in [5.74, 6) is 0.189. The molecular weight excluding hydrogens is 218 g/mol. The van der Waals surface area contributed by atoms with E-state index in [1.807, 2.05) is 13.0 Å². The predicted molar refractivity (Wildman–Crippen MR) is 66.6 cm³/mol. The molecule has 0 bridgehead atoms. The summed E-state index contributed by atoms with van der Waals surface area (Å²) in [6, 6.07) is 5.46. The number of hydrogen-bond acceptors (Lipinski definition) is 4. The number of carbonyl (C=O) groups excluding carboxylic acids is 1. The Balaban J connectivity index is 3.05. The third-order valence-electron chi connectivity index (χ3n) is 2.64. The van der Waals surface area contributed by atoms with Gasteiger partial charge >= 0.3 is 0 Å². The van der Waals surface area contributed by atoms with Gasteiger partial charge in [0, 0.05) is 6.54 Å². The van der Waals surface area contributed by atoms with E-state index in [9.17, 15) is 9.90 Å². The average molecular weight is 237 g/mol. The average Bonchev–Trinajstić information content (AvgIpc) is 2.37. The molecule has 0 fully saturated rings. The van der Waals surface area contributed by atoms with Crippen LogP contribution in [0, 0.1) is 0 Å². The van der Waals surface area contributed by atoms with E-state index in [2.05, 4.69) is 5.32 Å². The lowest BCUT2D eigenvalue weighted by Gasteiger charge is -2.13. The van der Waals surface area contributed by atoms with Crippen molar-refractivity contribution in [3.05, 3.63) is 29.3 Å². The normalized spacial score (nSPS) is 12.2. The molecule has 0 aromatic heterocycles. The van der Waals surface area contributed by atoms with Gasteiger partial charge in [-0.15, -0.1) is 0 Å². The van der Waals surface area contributed by atoms with Crippen LogP contribution < -0.4 is 10.1 Å². The quantitative estimate of drug-likeness (QED) is 0.725. The lowest BCUT2D eigenvalue weighted by atomic mass is 10.0. The maximum Gasteiger partial charge on any atom is 0.196 e. The Hall–Kier alpha value is -1.39. The zero-order chi connectivity index (χ0) is 12.8. The summed E-state index contributed by atoms with van der Waals surface area (Å²) in [4.78, 5) is 12.0. The Morgan fingerprint density at radius 3 is 2.76 bits per heavy atom. The molecule has 0 radical (unpaired) electrons. The van der Waals surface area contributed by atoms with Crippen LogP contribution in [-0.2, 0) is 6.42 Å². The van der Waals surface area contributed by atoms with Gasteiger partial charge in [-0.2, -0.15) is 0 Å². The molecule has 4 heteroatoms. The predicted octanol–water partition coefficient (Wildman–Crippen LogP) is 1.02. The highest BCUT2D eigenvalue weighted by Crippen LogP contribution is 2.21. The van der Waals surface area contributed by atoms with Gasteiger partial charge in [-0.3, -0.25) is 4.79 Å². The summed E-state index contributed by atoms with van der Waals surface area (Å²) in [7, 11) is 3.21. The molecule has 94 valence electrons. The number of Topliss-reactive ketones (excluding diaryl/α,β-unsaturated/α-hetero) is 1. The number of nitrogens with one attached hydrogen (secondary N) is 1. The van der Waals surface area contributed by atoms with Crippen molar-refractivity contribution < 1.29 is 14.6 Å². The van der Waals surface area contributed by atoms with Gasteiger partial charge in [-0.25, -0.2) is 0 Å². The zero-order valence-corrected chi connectivity index (χ0v) is 10.5. The van der Waals surface area contributed by atoms with E-state index >= 15 is 0 Å². The van der Waals surface area contributed by atoms with Gasteiger partial charge in [0.15, 0.2) is 5.78 Å². The molecule has 1 rings (SSSR count). The molecule has 0 spiro atoms. The van der Waals surface area contributed by atoms with Gasteiger partial charge in [-0.1, -0.05) is 13.0 Å². The van der Waals surface area contributed by atoms with Crippen LogP contribution in [0.3, 0.4) is 0 Å². The number of benzene rings is 1. The molecule has 17 heavy (non-hydrogen) atoms. The number of hydrogen-bond donors (Lipinski definition) is 2. The monoisotopic (exact) mass is 237 g/mol. The van der Waals surface area contributed by atoms with Gasteiger partial charge in [0.05, 0.1) is 12.7 Å². The van der Waals surface area contributed by atoms with Crippen molar-refractivity contribution in [3.63, 3.8) is 0 Å². The smallest absolute Gasteiger partial charge is 0.196 e. The van der Waals surface area contributed by atoms with Crippen molar-refractivity contribution in [2.45, 2.75) is 19.4 Å². The number of carbonyl (C=O) groups is 1. The Morgan fingerprint density at radius 2 is 2.24 bits per heavy atom. The van der Waals surface area contributed by atoms with Gasteiger partial charge in [0.1, 0.15) is 11.9 Å². The fourth-order valence-corrected chi connectivity index (χ4v) is 1.63. The van der Waals surface area contributed by atoms with Crippen LogP contribution in [0.4, 0.5) is 0 Å². The number of aryl methyl sites for hydroxylation is 1. The number of methoxy groups -OCH3 is 1. The van der Waals surface area contributed by atoms with Crippen LogP contribution in [-0.4, -0.2) is 37.7 Å². The highest BCUT2D eigenvalue weighted by molar-refractivity contribution is 6.02. The first-order valence-electron chi connectivity index (χ1n) is 5.67. The van der Waals surface area contributed by atoms with Crippen LogP contribution in [0.2, 0.25) is 0 Å². The first-order valence-corrected chi connectivity index (χ1v) is 5.67. The van der Waals surface area contributed by atoms with Crippen LogP contribution in [0.15, 0.2) is 18.2 Å². The maximum atomic E-state index is 12.0. The second-order valence-corrected chi connectivity index (χ2v) is 3.83. The number of rotatable bonds is 6. The van der Waals surface area contributed by atoms with E-state index in [1.165, 1.54) is 7.11 Å². The topological polar surface area (TPSA) is 58.6 Å². The molecule has 0 aliphatic rings. The van der Waals surface area contributed by atoms with Gasteiger partial charge in [0.2, 0.25) is 0 Å². The number of likely N-dealkylation sites (N-methyl/N-ethyl adjacent to an activating group) is 1. The van der Waals surface area contributed by atoms with Gasteiger partial charge < -0.3 is 15.2 Å². The minimum atomic E-state index is -1.04. The zero-order valence-electron chi connectivity index (χ0n) is 10.5. The third kappa shape index (κ3) is 3.28. The highest BCUT2D eigenvalue weighted by atomic mass is 16.5. The van der Waals surface area contributed by atoms with E-state index in [4.69, 9.17) is 4.74 Å². The van der Waals surface area contributed by atoms with Crippen LogP contribution in [0.1, 0.15) is 22.8 Å². The lowest BCUT2D eigenvalue weighted by Crippen LogP contribution is -2.31. The first kappa shape index (κ1) is 13.7. The van der Waals surface area contributed by atoms with E-state index in [0.29, 0.717) is 11.3 Å². The Bertz CT molecular complexity index is 390.